The predicted octanol–water partition coefficient (Wildman–Crippen LogP) is 4.94. The fraction of sp³-hybridized carbons (Fsp3) is 0.222. The summed E-state index contributed by atoms with van der Waals surface area (Å²) < 4.78 is 29.0. The molecule has 2 rings (SSSR count). The van der Waals surface area contributed by atoms with Crippen molar-refractivity contribution in [3.05, 3.63) is 61.9 Å². The van der Waals surface area contributed by atoms with E-state index in [2.05, 4.69) is 4.74 Å². The number of nitrogens with zero attached hydrogens (tertiary/aromatic N) is 1. The molecule has 0 bridgehead atoms. The maximum atomic E-state index is 14.1. The molecule has 0 saturated heterocycles. The molecule has 0 aliphatic rings. The smallest absolute Gasteiger partial charge is 0.349 e. The summed E-state index contributed by atoms with van der Waals surface area (Å²) in [6.45, 7) is 2.51. The number of ether oxygens (including phenoxy) is 3. The lowest BCUT2D eigenvalue weighted by Gasteiger charge is -2.22. The number of benzene rings is 2. The Bertz CT molecular complexity index is 971. The van der Waals surface area contributed by atoms with Crippen molar-refractivity contribution in [3.63, 3.8) is 0 Å². The Morgan fingerprint density at radius 2 is 1.83 bits per heavy atom. The van der Waals surface area contributed by atoms with Crippen LogP contribution in [0.15, 0.2) is 30.3 Å². The minimum absolute atomic E-state index is 0.0397. The number of hydrogen-bond acceptors (Lipinski definition) is 7. The van der Waals surface area contributed by atoms with Crippen molar-refractivity contribution in [2.45, 2.75) is 19.4 Å². The van der Waals surface area contributed by atoms with Gasteiger partial charge in [-0.1, -0.05) is 23.2 Å². The number of halogens is 3. The van der Waals surface area contributed by atoms with E-state index in [0.29, 0.717) is 0 Å². The van der Waals surface area contributed by atoms with Crippen LogP contribution < -0.4 is 4.74 Å². The van der Waals surface area contributed by atoms with Gasteiger partial charge in [-0.05, 0) is 32.0 Å². The van der Waals surface area contributed by atoms with E-state index >= 15 is 0 Å². The minimum atomic E-state index is -1.71. The Labute approximate surface area is 174 Å². The van der Waals surface area contributed by atoms with Crippen LogP contribution in [0.1, 0.15) is 24.2 Å². The van der Waals surface area contributed by atoms with E-state index in [9.17, 15) is 24.1 Å². The van der Waals surface area contributed by atoms with Crippen LogP contribution in [0.25, 0.3) is 0 Å². The second kappa shape index (κ2) is 8.62. The van der Waals surface area contributed by atoms with Crippen LogP contribution in [0.5, 0.6) is 11.5 Å². The second-order valence-corrected chi connectivity index (χ2v) is 6.97. The summed E-state index contributed by atoms with van der Waals surface area (Å²) in [5.74, 6) is -3.45. The summed E-state index contributed by atoms with van der Waals surface area (Å²) in [6, 6.07) is 5.28. The molecule has 0 N–H and O–H groups in total. The molecule has 0 heterocycles. The zero-order valence-corrected chi connectivity index (χ0v) is 16.8. The standard InChI is InChI=1S/C18H14Cl2FNO7/c1-18(2,17(24)27-3)29-16(23)11-8-10(4-5-14(11)22(25)26)28-15-12(20)6-9(19)7-13(15)21/h4-8H,1-3H3. The second-order valence-electron chi connectivity index (χ2n) is 6.13. The number of nitro groups is 1. The van der Waals surface area contributed by atoms with Crippen LogP contribution in [0.4, 0.5) is 10.1 Å². The van der Waals surface area contributed by atoms with Gasteiger partial charge in [0.2, 0.25) is 5.60 Å². The Morgan fingerprint density at radius 1 is 1.17 bits per heavy atom. The summed E-state index contributed by atoms with van der Waals surface area (Å²) >= 11 is 11.6. The van der Waals surface area contributed by atoms with Gasteiger partial charge in [0.15, 0.2) is 11.6 Å². The molecule has 11 heteroatoms. The van der Waals surface area contributed by atoms with Crippen molar-refractivity contribution in [2.24, 2.45) is 0 Å². The van der Waals surface area contributed by atoms with E-state index in [1.54, 1.807) is 0 Å². The van der Waals surface area contributed by atoms with Crippen LogP contribution in [0.3, 0.4) is 0 Å². The molecule has 0 spiro atoms. The molecule has 0 fully saturated rings. The Morgan fingerprint density at radius 3 is 2.38 bits per heavy atom. The van der Waals surface area contributed by atoms with Gasteiger partial charge in [0.05, 0.1) is 17.1 Å². The third kappa shape index (κ3) is 5.12. The molecule has 154 valence electrons. The lowest BCUT2D eigenvalue weighted by molar-refractivity contribution is -0.385. The van der Waals surface area contributed by atoms with Crippen LogP contribution in [-0.2, 0) is 14.3 Å². The van der Waals surface area contributed by atoms with Gasteiger partial charge in [0.1, 0.15) is 11.3 Å². The van der Waals surface area contributed by atoms with Crippen LogP contribution in [-0.4, -0.2) is 29.6 Å². The molecule has 0 radical (unpaired) electrons. The molecule has 0 aliphatic heterocycles. The van der Waals surface area contributed by atoms with Crippen molar-refractivity contribution in [1.29, 1.82) is 0 Å². The van der Waals surface area contributed by atoms with Crippen molar-refractivity contribution < 1.29 is 33.1 Å². The average Bonchev–Trinajstić information content (AvgIpc) is 2.63. The minimum Gasteiger partial charge on any atom is -0.466 e. The van der Waals surface area contributed by atoms with Gasteiger partial charge < -0.3 is 14.2 Å². The van der Waals surface area contributed by atoms with Gasteiger partial charge in [-0.15, -0.1) is 0 Å². The molecule has 8 nitrogen and oxygen atoms in total. The Kier molecular flexibility index (Phi) is 6.66. The molecule has 0 aromatic heterocycles. The van der Waals surface area contributed by atoms with Gasteiger partial charge in [-0.2, -0.15) is 0 Å². The monoisotopic (exact) mass is 445 g/mol. The molecular formula is C18H14Cl2FNO7. The summed E-state index contributed by atoms with van der Waals surface area (Å²) in [5.41, 5.74) is -2.83. The van der Waals surface area contributed by atoms with E-state index in [1.807, 2.05) is 0 Å². The maximum Gasteiger partial charge on any atom is 0.349 e. The topological polar surface area (TPSA) is 105 Å². The van der Waals surface area contributed by atoms with Crippen LogP contribution >= 0.6 is 23.2 Å². The molecule has 0 aliphatic carbocycles. The zero-order chi connectivity index (χ0) is 21.9. The first-order valence-electron chi connectivity index (χ1n) is 7.89. The number of methoxy groups -OCH3 is 1. The molecule has 29 heavy (non-hydrogen) atoms. The summed E-state index contributed by atoms with van der Waals surface area (Å²) in [5, 5.41) is 11.2. The first-order chi connectivity index (χ1) is 13.5. The van der Waals surface area contributed by atoms with Crippen molar-refractivity contribution in [2.75, 3.05) is 7.11 Å². The number of esters is 2. The van der Waals surface area contributed by atoms with E-state index in [0.717, 1.165) is 31.4 Å². The van der Waals surface area contributed by atoms with Gasteiger partial charge in [-0.3, -0.25) is 10.1 Å². The number of hydrogen-bond donors (Lipinski definition) is 0. The number of carbonyl (C=O) groups is 2. The van der Waals surface area contributed by atoms with Gasteiger partial charge in [-0.25, -0.2) is 14.0 Å². The molecule has 2 aromatic rings. The largest absolute Gasteiger partial charge is 0.466 e. The third-order valence-electron chi connectivity index (χ3n) is 3.59. The number of nitro benzene ring substituents is 1. The molecule has 0 unspecified atom stereocenters. The molecular weight excluding hydrogens is 432 g/mol. The summed E-state index contributed by atoms with van der Waals surface area (Å²) in [7, 11) is 1.10. The Hall–Kier alpha value is -2.91. The fourth-order valence-corrected chi connectivity index (χ4v) is 2.73. The molecule has 0 atom stereocenters. The summed E-state index contributed by atoms with van der Waals surface area (Å²) in [6.07, 6.45) is 0. The van der Waals surface area contributed by atoms with E-state index in [1.165, 1.54) is 19.9 Å². The summed E-state index contributed by atoms with van der Waals surface area (Å²) in [4.78, 5) is 34.6. The highest BCUT2D eigenvalue weighted by atomic mass is 35.5. The first-order valence-corrected chi connectivity index (χ1v) is 8.64. The SMILES string of the molecule is COC(=O)C(C)(C)OC(=O)c1cc(Oc2c(F)cc(Cl)cc2Cl)ccc1[N+](=O)[O-]. The highest BCUT2D eigenvalue weighted by Gasteiger charge is 2.35. The predicted molar refractivity (Wildman–Crippen MR) is 101 cm³/mol. The van der Waals surface area contributed by atoms with E-state index in [-0.39, 0.29) is 21.5 Å². The van der Waals surface area contributed by atoms with Crippen molar-refractivity contribution >= 4 is 40.8 Å². The van der Waals surface area contributed by atoms with Crippen molar-refractivity contribution in [1.82, 2.24) is 0 Å². The molecule has 0 amide bonds. The zero-order valence-electron chi connectivity index (χ0n) is 15.3. The lowest BCUT2D eigenvalue weighted by atomic mass is 10.1. The average molecular weight is 446 g/mol. The number of carbonyl (C=O) groups excluding carboxylic acids is 2. The normalized spacial score (nSPS) is 11.0. The quantitative estimate of drug-likeness (QED) is 0.352. The van der Waals surface area contributed by atoms with Crippen molar-refractivity contribution in [3.8, 4) is 11.5 Å². The van der Waals surface area contributed by atoms with Crippen LogP contribution in [0.2, 0.25) is 10.0 Å². The fourth-order valence-electron chi connectivity index (χ4n) is 2.22. The lowest BCUT2D eigenvalue weighted by Crippen LogP contribution is -2.38. The highest BCUT2D eigenvalue weighted by molar-refractivity contribution is 6.35. The van der Waals surface area contributed by atoms with Gasteiger partial charge >= 0.3 is 11.9 Å². The highest BCUT2D eigenvalue weighted by Crippen LogP contribution is 2.36. The van der Waals surface area contributed by atoms with E-state index in [4.69, 9.17) is 32.7 Å². The number of rotatable bonds is 6. The maximum absolute atomic E-state index is 14.1. The molecule has 0 saturated carbocycles. The van der Waals surface area contributed by atoms with Gasteiger partial charge in [0.25, 0.3) is 5.69 Å². The Balaban J connectivity index is 2.44. The molecule has 2 aromatic carbocycles. The first kappa shape index (κ1) is 22.4. The van der Waals surface area contributed by atoms with Crippen LogP contribution in [0, 0.1) is 15.9 Å². The third-order valence-corrected chi connectivity index (χ3v) is 4.09. The van der Waals surface area contributed by atoms with E-state index < -0.39 is 39.5 Å². The van der Waals surface area contributed by atoms with Gasteiger partial charge in [0, 0.05) is 17.2 Å².